The number of pyridine rings is 1. The molecule has 3 saturated heterocycles. The second-order valence-electron chi connectivity index (χ2n) is 7.48. The number of hydrogen-bond donors (Lipinski definition) is 2. The van der Waals surface area contributed by atoms with Gasteiger partial charge in [-0.25, -0.2) is 13.8 Å². The molecule has 0 aromatic carbocycles. The van der Waals surface area contributed by atoms with E-state index in [4.69, 9.17) is 0 Å². The van der Waals surface area contributed by atoms with Crippen LogP contribution in [0.2, 0.25) is 0 Å². The van der Waals surface area contributed by atoms with Crippen molar-refractivity contribution in [3.63, 3.8) is 0 Å². The first-order valence-electron chi connectivity index (χ1n) is 9.19. The van der Waals surface area contributed by atoms with E-state index in [0.717, 1.165) is 25.8 Å². The zero-order chi connectivity index (χ0) is 17.4. The molecular weight excluding hydrogens is 397 g/mol. The molecule has 4 atom stereocenters. The molecule has 3 fully saturated rings. The largest absolute Gasteiger partial charge is 0.349 e. The summed E-state index contributed by atoms with van der Waals surface area (Å²) in [5.74, 6) is -1.08. The summed E-state index contributed by atoms with van der Waals surface area (Å²) in [5.41, 5.74) is -0.341. The predicted octanol–water partition coefficient (Wildman–Crippen LogP) is 2.40. The van der Waals surface area contributed by atoms with E-state index in [9.17, 15) is 13.6 Å². The van der Waals surface area contributed by atoms with Crippen LogP contribution in [0.4, 0.5) is 8.78 Å². The Kier molecular flexibility index (Phi) is 7.80. The molecule has 2 bridgehead atoms. The van der Waals surface area contributed by atoms with Crippen LogP contribution in [0.1, 0.15) is 36.2 Å². The fraction of sp³-hybridized carbons (Fsp3) is 0.667. The second-order valence-corrected chi connectivity index (χ2v) is 7.48. The maximum Gasteiger partial charge on any atom is 0.272 e. The molecule has 9 heteroatoms. The summed E-state index contributed by atoms with van der Waals surface area (Å²) in [7, 11) is 0. The fourth-order valence-corrected chi connectivity index (χ4v) is 4.91. The van der Waals surface area contributed by atoms with E-state index >= 15 is 0 Å². The molecule has 0 saturated carbocycles. The van der Waals surface area contributed by atoms with Crippen LogP contribution in [-0.2, 0) is 0 Å². The van der Waals surface area contributed by atoms with Gasteiger partial charge in [-0.05, 0) is 50.7 Å². The quantitative estimate of drug-likeness (QED) is 0.784. The van der Waals surface area contributed by atoms with Crippen molar-refractivity contribution in [2.24, 2.45) is 11.8 Å². The summed E-state index contributed by atoms with van der Waals surface area (Å²) in [6.07, 6.45) is 5.75. The average molecular weight is 423 g/mol. The topological polar surface area (TPSA) is 57.3 Å². The van der Waals surface area contributed by atoms with Crippen molar-refractivity contribution in [2.45, 2.75) is 37.8 Å². The molecule has 3 aliphatic heterocycles. The Labute approximate surface area is 170 Å². The number of fused-ring (bicyclic) bond motifs is 4. The van der Waals surface area contributed by atoms with Gasteiger partial charge in [0.15, 0.2) is 11.5 Å². The lowest BCUT2D eigenvalue weighted by Crippen LogP contribution is -2.65. The summed E-state index contributed by atoms with van der Waals surface area (Å²) in [6, 6.07) is 1.54. The number of nitrogens with one attached hydrogen (secondary N) is 2. The molecule has 2 N–H and O–H groups in total. The van der Waals surface area contributed by atoms with Gasteiger partial charge in [-0.3, -0.25) is 9.69 Å². The first kappa shape index (κ1) is 22.3. The van der Waals surface area contributed by atoms with Crippen LogP contribution in [-0.4, -0.2) is 54.1 Å². The molecule has 1 amide bonds. The molecule has 27 heavy (non-hydrogen) atoms. The van der Waals surface area contributed by atoms with E-state index in [2.05, 4.69) is 20.5 Å². The van der Waals surface area contributed by atoms with Gasteiger partial charge in [-0.2, -0.15) is 0 Å². The highest BCUT2D eigenvalue weighted by atomic mass is 35.5. The number of rotatable bonds is 3. The van der Waals surface area contributed by atoms with Gasteiger partial charge in [0, 0.05) is 24.7 Å². The number of aromatic nitrogens is 1. The van der Waals surface area contributed by atoms with Crippen LogP contribution in [0.25, 0.3) is 0 Å². The van der Waals surface area contributed by atoms with Gasteiger partial charge < -0.3 is 10.6 Å². The minimum atomic E-state index is -0.920. The number of piperidine rings is 3. The molecule has 4 rings (SSSR count). The molecule has 0 radical (unpaired) electrons. The van der Waals surface area contributed by atoms with E-state index in [1.165, 1.54) is 25.7 Å². The first-order valence-corrected chi connectivity index (χ1v) is 9.19. The Morgan fingerprint density at radius 2 is 2.04 bits per heavy atom. The number of carbonyl (C=O) groups excluding carboxylic acids is 1. The number of halogens is 4. The molecule has 1 aromatic rings. The van der Waals surface area contributed by atoms with Crippen molar-refractivity contribution in [2.75, 3.05) is 26.2 Å². The fourth-order valence-electron chi connectivity index (χ4n) is 4.91. The summed E-state index contributed by atoms with van der Waals surface area (Å²) in [5, 5.41) is 6.36. The zero-order valence-electron chi connectivity index (χ0n) is 15.0. The Morgan fingerprint density at radius 1 is 1.26 bits per heavy atom. The minimum absolute atomic E-state index is 0. The second kappa shape index (κ2) is 9.45. The maximum atomic E-state index is 13.8. The van der Waals surface area contributed by atoms with Crippen molar-refractivity contribution < 1.29 is 13.6 Å². The number of nitrogens with zero attached hydrogens (tertiary/aromatic N) is 2. The van der Waals surface area contributed by atoms with E-state index in [-0.39, 0.29) is 36.5 Å². The molecule has 3 aliphatic rings. The monoisotopic (exact) mass is 422 g/mol. The van der Waals surface area contributed by atoms with Gasteiger partial charge in [0.2, 0.25) is 0 Å². The lowest BCUT2D eigenvalue weighted by atomic mass is 9.73. The van der Waals surface area contributed by atoms with Gasteiger partial charge in [0.1, 0.15) is 5.82 Å². The summed E-state index contributed by atoms with van der Waals surface area (Å²) in [4.78, 5) is 18.4. The minimum Gasteiger partial charge on any atom is -0.349 e. The third kappa shape index (κ3) is 4.53. The lowest BCUT2D eigenvalue weighted by Gasteiger charge is -2.55. The van der Waals surface area contributed by atoms with Crippen LogP contribution in [0.3, 0.4) is 0 Å². The van der Waals surface area contributed by atoms with Gasteiger partial charge in [-0.1, -0.05) is 6.42 Å². The van der Waals surface area contributed by atoms with Crippen LogP contribution in [0.5, 0.6) is 0 Å². The Balaban J connectivity index is 0.00000131. The molecular formula is C18H26Cl2F2N4O. The first-order chi connectivity index (χ1) is 12.1. The molecule has 0 aliphatic carbocycles. The van der Waals surface area contributed by atoms with Gasteiger partial charge in [-0.15, -0.1) is 24.8 Å². The molecule has 4 heterocycles. The molecule has 1 aromatic heterocycles. The Bertz CT molecular complexity index is 666. The van der Waals surface area contributed by atoms with Crippen LogP contribution < -0.4 is 10.6 Å². The van der Waals surface area contributed by atoms with E-state index in [0.29, 0.717) is 30.5 Å². The third-order valence-corrected chi connectivity index (χ3v) is 6.02. The van der Waals surface area contributed by atoms with Crippen molar-refractivity contribution >= 4 is 30.7 Å². The zero-order valence-corrected chi connectivity index (χ0v) is 16.6. The van der Waals surface area contributed by atoms with Crippen LogP contribution in [0.15, 0.2) is 12.3 Å². The summed E-state index contributed by atoms with van der Waals surface area (Å²) in [6.45, 7) is 3.60. The summed E-state index contributed by atoms with van der Waals surface area (Å²) < 4.78 is 26.7. The van der Waals surface area contributed by atoms with E-state index in [1.807, 2.05) is 0 Å². The van der Waals surface area contributed by atoms with Crippen molar-refractivity contribution in [1.29, 1.82) is 0 Å². The van der Waals surface area contributed by atoms with E-state index < -0.39 is 17.5 Å². The number of carbonyl (C=O) groups is 1. The normalized spacial score (nSPS) is 29.7. The number of hydrogen-bond acceptors (Lipinski definition) is 4. The SMILES string of the molecule is Cl.Cl.O=C(NC[C@H]1[C@@H]2CNC[C@@H](C2)[C@@H]2CCCCN21)c1ncc(F)cc1F. The lowest BCUT2D eigenvalue weighted by molar-refractivity contribution is -0.0371. The third-order valence-electron chi connectivity index (χ3n) is 6.02. The molecule has 0 spiro atoms. The van der Waals surface area contributed by atoms with Gasteiger partial charge in [0.05, 0.1) is 6.20 Å². The highest BCUT2D eigenvalue weighted by molar-refractivity contribution is 5.92. The van der Waals surface area contributed by atoms with Gasteiger partial charge in [0.25, 0.3) is 5.91 Å². The Hall–Kier alpha value is -1.02. The smallest absolute Gasteiger partial charge is 0.272 e. The predicted molar refractivity (Wildman–Crippen MR) is 104 cm³/mol. The molecule has 152 valence electrons. The van der Waals surface area contributed by atoms with Crippen molar-refractivity contribution in [3.8, 4) is 0 Å². The molecule has 0 unspecified atom stereocenters. The number of amides is 1. The Morgan fingerprint density at radius 3 is 2.81 bits per heavy atom. The van der Waals surface area contributed by atoms with Gasteiger partial charge >= 0.3 is 0 Å². The standard InChI is InChI=1S/C18H24F2N4O.2ClH/c19-13-6-14(20)17(22-9-13)18(25)23-10-16-12-5-11(7-21-8-12)15-3-1-2-4-24(15)16;;/h6,9,11-12,15-16,21H,1-5,7-8,10H2,(H,23,25);2*1H/t11-,12+,15+,16+;;/m1../s1. The van der Waals surface area contributed by atoms with Crippen LogP contribution >= 0.6 is 24.8 Å². The molecule has 5 nitrogen and oxygen atoms in total. The van der Waals surface area contributed by atoms with Crippen LogP contribution in [0, 0.1) is 23.5 Å². The van der Waals surface area contributed by atoms with Crippen molar-refractivity contribution in [3.05, 3.63) is 29.6 Å². The van der Waals surface area contributed by atoms with E-state index in [1.54, 1.807) is 0 Å². The highest BCUT2D eigenvalue weighted by Gasteiger charge is 2.45. The summed E-state index contributed by atoms with van der Waals surface area (Å²) >= 11 is 0. The average Bonchev–Trinajstić information content (AvgIpc) is 2.62. The highest BCUT2D eigenvalue weighted by Crippen LogP contribution is 2.38. The van der Waals surface area contributed by atoms with Crippen molar-refractivity contribution in [1.82, 2.24) is 20.5 Å². The maximum absolute atomic E-state index is 13.8.